The number of hydrogen-bond acceptors (Lipinski definition) is 3. The van der Waals surface area contributed by atoms with Crippen LogP contribution < -0.4 is 5.32 Å². The lowest BCUT2D eigenvalue weighted by Crippen LogP contribution is -2.45. The summed E-state index contributed by atoms with van der Waals surface area (Å²) in [6.07, 6.45) is 8.61. The summed E-state index contributed by atoms with van der Waals surface area (Å²) in [5.74, 6) is 0.842. The topological polar surface area (TPSA) is 24.9 Å². The van der Waals surface area contributed by atoms with Crippen LogP contribution in [0.4, 0.5) is 0 Å². The molecule has 3 rings (SSSR count). The molecule has 82 valence electrons. The van der Waals surface area contributed by atoms with Crippen LogP contribution in [0, 0.1) is 5.92 Å². The van der Waals surface area contributed by atoms with Crippen molar-refractivity contribution in [2.75, 3.05) is 0 Å². The first-order valence-corrected chi connectivity index (χ1v) is 6.91. The Kier molecular flexibility index (Phi) is 2.33. The average Bonchev–Trinajstić information content (AvgIpc) is 3.16. The molecule has 0 bridgehead atoms. The van der Waals surface area contributed by atoms with Crippen LogP contribution in [0.3, 0.4) is 0 Å². The number of hydrogen-bond donors (Lipinski definition) is 1. The second-order valence-electron chi connectivity index (χ2n) is 4.86. The van der Waals surface area contributed by atoms with Gasteiger partial charge in [0, 0.05) is 17.6 Å². The van der Waals surface area contributed by atoms with Gasteiger partial charge in [-0.05, 0) is 38.0 Å². The molecule has 1 heterocycles. The van der Waals surface area contributed by atoms with Gasteiger partial charge in [0.1, 0.15) is 5.01 Å². The Labute approximate surface area is 95.1 Å². The molecule has 15 heavy (non-hydrogen) atoms. The van der Waals surface area contributed by atoms with Gasteiger partial charge >= 0.3 is 0 Å². The average molecular weight is 222 g/mol. The van der Waals surface area contributed by atoms with E-state index >= 15 is 0 Å². The smallest absolute Gasteiger partial charge is 0.113 e. The zero-order chi connectivity index (χ0) is 10.3. The van der Waals surface area contributed by atoms with E-state index in [1.165, 1.54) is 37.1 Å². The van der Waals surface area contributed by atoms with Crippen LogP contribution in [0.25, 0.3) is 0 Å². The maximum absolute atomic E-state index is 4.56. The van der Waals surface area contributed by atoms with Crippen molar-refractivity contribution in [2.45, 2.75) is 50.6 Å². The van der Waals surface area contributed by atoms with Crippen LogP contribution in [0.1, 0.15) is 44.0 Å². The van der Waals surface area contributed by atoms with Crippen LogP contribution >= 0.6 is 11.3 Å². The van der Waals surface area contributed by atoms with Gasteiger partial charge in [0.05, 0.1) is 5.54 Å². The van der Waals surface area contributed by atoms with Crippen LogP contribution in [-0.2, 0) is 5.54 Å². The largest absolute Gasteiger partial charge is 0.302 e. The molecule has 0 spiro atoms. The third kappa shape index (κ3) is 1.72. The Balaban J connectivity index is 1.90. The van der Waals surface area contributed by atoms with Crippen molar-refractivity contribution in [1.29, 1.82) is 0 Å². The number of aromatic nitrogens is 1. The molecule has 1 aromatic heterocycles. The summed E-state index contributed by atoms with van der Waals surface area (Å²) in [5.41, 5.74) is 0.218. The third-order valence-electron chi connectivity index (χ3n) is 3.68. The highest BCUT2D eigenvalue weighted by molar-refractivity contribution is 7.09. The number of rotatable bonds is 5. The predicted octanol–water partition coefficient (Wildman–Crippen LogP) is 2.91. The zero-order valence-electron chi connectivity index (χ0n) is 9.20. The highest BCUT2D eigenvalue weighted by Crippen LogP contribution is 2.49. The lowest BCUT2D eigenvalue weighted by molar-refractivity contribution is 0.271. The fraction of sp³-hybridized carbons (Fsp3) is 0.750. The Bertz CT molecular complexity index is 327. The molecule has 2 aliphatic rings. The van der Waals surface area contributed by atoms with Crippen LogP contribution in [0.2, 0.25) is 0 Å². The van der Waals surface area contributed by atoms with Gasteiger partial charge in [-0.2, -0.15) is 0 Å². The van der Waals surface area contributed by atoms with Crippen LogP contribution in [0.5, 0.6) is 0 Å². The van der Waals surface area contributed by atoms with Crippen molar-refractivity contribution in [2.24, 2.45) is 5.92 Å². The van der Waals surface area contributed by atoms with Crippen molar-refractivity contribution in [3.63, 3.8) is 0 Å². The number of nitrogens with zero attached hydrogens (tertiary/aromatic N) is 1. The summed E-state index contributed by atoms with van der Waals surface area (Å²) >= 11 is 1.82. The SMILES string of the molecule is CCC(NC1CC1)(c1nccs1)C1CC1. The molecule has 0 saturated heterocycles. The fourth-order valence-corrected chi connectivity index (χ4v) is 3.46. The van der Waals surface area contributed by atoms with E-state index in [0.717, 1.165) is 12.0 Å². The van der Waals surface area contributed by atoms with Gasteiger partial charge in [0.15, 0.2) is 0 Å². The lowest BCUT2D eigenvalue weighted by atomic mass is 9.90. The Morgan fingerprint density at radius 3 is 2.73 bits per heavy atom. The molecule has 0 aromatic carbocycles. The van der Waals surface area contributed by atoms with E-state index in [1.807, 2.05) is 17.5 Å². The van der Waals surface area contributed by atoms with Gasteiger partial charge in [-0.1, -0.05) is 6.92 Å². The van der Waals surface area contributed by atoms with Gasteiger partial charge in [-0.25, -0.2) is 4.98 Å². The number of thiazole rings is 1. The minimum atomic E-state index is 0.218. The normalized spacial score (nSPS) is 25.1. The standard InChI is InChI=1S/C12H18N2S/c1-2-12(9-3-4-9,14-10-5-6-10)11-13-7-8-15-11/h7-10,14H,2-6H2,1H3. The summed E-state index contributed by atoms with van der Waals surface area (Å²) < 4.78 is 0. The molecular weight excluding hydrogens is 204 g/mol. The van der Waals surface area contributed by atoms with Crippen molar-refractivity contribution in [3.05, 3.63) is 16.6 Å². The molecule has 1 atom stereocenters. The number of nitrogens with one attached hydrogen (secondary N) is 1. The Morgan fingerprint density at radius 1 is 1.47 bits per heavy atom. The van der Waals surface area contributed by atoms with Crippen LogP contribution in [0.15, 0.2) is 11.6 Å². The van der Waals surface area contributed by atoms with E-state index in [1.54, 1.807) is 0 Å². The van der Waals surface area contributed by atoms with E-state index in [2.05, 4.69) is 22.6 Å². The zero-order valence-corrected chi connectivity index (χ0v) is 10.0. The Hall–Kier alpha value is -0.410. The summed E-state index contributed by atoms with van der Waals surface area (Å²) in [6.45, 7) is 2.30. The summed E-state index contributed by atoms with van der Waals surface area (Å²) in [4.78, 5) is 4.56. The van der Waals surface area contributed by atoms with Crippen molar-refractivity contribution >= 4 is 11.3 Å². The van der Waals surface area contributed by atoms with E-state index in [0.29, 0.717) is 0 Å². The van der Waals surface area contributed by atoms with Crippen LogP contribution in [-0.4, -0.2) is 11.0 Å². The molecule has 1 N–H and O–H groups in total. The maximum atomic E-state index is 4.56. The van der Waals surface area contributed by atoms with Crippen molar-refractivity contribution in [3.8, 4) is 0 Å². The Morgan fingerprint density at radius 2 is 2.27 bits per heavy atom. The minimum absolute atomic E-state index is 0.218. The second-order valence-corrected chi connectivity index (χ2v) is 5.75. The fourth-order valence-electron chi connectivity index (χ4n) is 2.51. The summed E-state index contributed by atoms with van der Waals surface area (Å²) in [6, 6.07) is 0.773. The van der Waals surface area contributed by atoms with Gasteiger partial charge in [-0.15, -0.1) is 11.3 Å². The molecule has 0 radical (unpaired) electrons. The van der Waals surface area contributed by atoms with Gasteiger partial charge < -0.3 is 5.32 Å². The van der Waals surface area contributed by atoms with Gasteiger partial charge in [0.2, 0.25) is 0 Å². The molecule has 1 unspecified atom stereocenters. The van der Waals surface area contributed by atoms with E-state index < -0.39 is 0 Å². The molecule has 2 fully saturated rings. The van der Waals surface area contributed by atoms with E-state index in [9.17, 15) is 0 Å². The molecular formula is C12H18N2S. The molecule has 0 aliphatic heterocycles. The first-order valence-electron chi connectivity index (χ1n) is 6.03. The molecule has 0 amide bonds. The predicted molar refractivity (Wildman–Crippen MR) is 63.0 cm³/mol. The van der Waals surface area contributed by atoms with E-state index in [4.69, 9.17) is 0 Å². The first kappa shape index (κ1) is 9.79. The van der Waals surface area contributed by atoms with Crippen molar-refractivity contribution < 1.29 is 0 Å². The van der Waals surface area contributed by atoms with Gasteiger partial charge in [0.25, 0.3) is 0 Å². The van der Waals surface area contributed by atoms with Gasteiger partial charge in [-0.3, -0.25) is 0 Å². The first-order chi connectivity index (χ1) is 7.35. The second kappa shape index (κ2) is 3.56. The summed E-state index contributed by atoms with van der Waals surface area (Å²) in [5, 5.41) is 7.29. The molecule has 1 aromatic rings. The maximum Gasteiger partial charge on any atom is 0.113 e. The monoisotopic (exact) mass is 222 g/mol. The van der Waals surface area contributed by atoms with Crippen molar-refractivity contribution in [1.82, 2.24) is 10.3 Å². The molecule has 3 heteroatoms. The van der Waals surface area contributed by atoms with E-state index in [-0.39, 0.29) is 5.54 Å². The quantitative estimate of drug-likeness (QED) is 0.828. The minimum Gasteiger partial charge on any atom is -0.302 e. The molecule has 2 aliphatic carbocycles. The molecule has 2 saturated carbocycles. The summed E-state index contributed by atoms with van der Waals surface area (Å²) in [7, 11) is 0. The third-order valence-corrected chi connectivity index (χ3v) is 4.64. The lowest BCUT2D eigenvalue weighted by Gasteiger charge is -2.32. The highest BCUT2D eigenvalue weighted by Gasteiger charge is 2.49. The molecule has 2 nitrogen and oxygen atoms in total. The highest BCUT2D eigenvalue weighted by atomic mass is 32.1.